The van der Waals surface area contributed by atoms with E-state index < -0.39 is 23.8 Å². The summed E-state index contributed by atoms with van der Waals surface area (Å²) in [5, 5.41) is 3.07. The van der Waals surface area contributed by atoms with Gasteiger partial charge in [-0.25, -0.2) is 4.39 Å². The average molecular weight is 364 g/mol. The molecule has 0 spiro atoms. The number of rotatable bonds is 3. The number of fused-ring (bicyclic) bond motifs is 1. The van der Waals surface area contributed by atoms with Crippen LogP contribution in [0.3, 0.4) is 0 Å². The van der Waals surface area contributed by atoms with E-state index in [1.807, 2.05) is 0 Å². The highest BCUT2D eigenvalue weighted by molar-refractivity contribution is 6.06. The Morgan fingerprint density at radius 3 is 2.62 bits per heavy atom. The van der Waals surface area contributed by atoms with Gasteiger partial charge < -0.3 is 10.1 Å². The molecule has 3 aromatic rings. The van der Waals surface area contributed by atoms with Crippen LogP contribution in [0.1, 0.15) is 16.1 Å². The molecule has 0 unspecified atom stereocenters. The molecule has 0 atom stereocenters. The Labute approximate surface area is 145 Å². The summed E-state index contributed by atoms with van der Waals surface area (Å²) < 4.78 is 53.9. The molecule has 26 heavy (non-hydrogen) atoms. The molecular weight excluding hydrogens is 352 g/mol. The molecule has 0 saturated carbocycles. The topological polar surface area (TPSA) is 51.2 Å². The SMILES string of the molecule is Cc1nc2cc(F)ccc2cc1C(=O)Nc1cccc(OC(F)(F)F)c1. The lowest BCUT2D eigenvalue weighted by Crippen LogP contribution is -2.18. The van der Waals surface area contributed by atoms with Crippen LogP contribution in [0, 0.1) is 12.7 Å². The summed E-state index contributed by atoms with van der Waals surface area (Å²) >= 11 is 0. The monoisotopic (exact) mass is 364 g/mol. The number of hydrogen-bond acceptors (Lipinski definition) is 3. The number of alkyl halides is 3. The zero-order valence-electron chi connectivity index (χ0n) is 13.4. The minimum Gasteiger partial charge on any atom is -0.406 e. The number of benzene rings is 2. The highest BCUT2D eigenvalue weighted by Crippen LogP contribution is 2.26. The predicted octanol–water partition coefficient (Wildman–Crippen LogP) is 4.83. The van der Waals surface area contributed by atoms with Crippen LogP contribution in [0.25, 0.3) is 10.9 Å². The number of carbonyl (C=O) groups excluding carboxylic acids is 1. The maximum atomic E-state index is 13.3. The van der Waals surface area contributed by atoms with Gasteiger partial charge >= 0.3 is 6.36 Å². The van der Waals surface area contributed by atoms with E-state index in [0.29, 0.717) is 16.6 Å². The van der Waals surface area contributed by atoms with E-state index in [2.05, 4.69) is 15.0 Å². The lowest BCUT2D eigenvalue weighted by molar-refractivity contribution is -0.274. The van der Waals surface area contributed by atoms with Crippen LogP contribution in [-0.4, -0.2) is 17.3 Å². The first-order valence-electron chi connectivity index (χ1n) is 7.45. The number of anilines is 1. The Morgan fingerprint density at radius 1 is 1.12 bits per heavy atom. The van der Waals surface area contributed by atoms with Crippen molar-refractivity contribution in [2.24, 2.45) is 0 Å². The van der Waals surface area contributed by atoms with E-state index in [4.69, 9.17) is 0 Å². The molecular formula is C18H12F4N2O2. The summed E-state index contributed by atoms with van der Waals surface area (Å²) in [6.45, 7) is 1.59. The smallest absolute Gasteiger partial charge is 0.406 e. The number of amides is 1. The Hall–Kier alpha value is -3.16. The number of nitrogens with zero attached hydrogens (tertiary/aromatic N) is 1. The highest BCUT2D eigenvalue weighted by atomic mass is 19.4. The second kappa shape index (κ2) is 6.62. The number of carbonyl (C=O) groups is 1. The average Bonchev–Trinajstić information content (AvgIpc) is 2.52. The molecule has 4 nitrogen and oxygen atoms in total. The molecule has 1 amide bonds. The van der Waals surface area contributed by atoms with Crippen molar-refractivity contribution in [2.45, 2.75) is 13.3 Å². The molecule has 0 aliphatic heterocycles. The van der Waals surface area contributed by atoms with E-state index in [-0.39, 0.29) is 11.3 Å². The van der Waals surface area contributed by atoms with Gasteiger partial charge in [-0.05, 0) is 37.3 Å². The summed E-state index contributed by atoms with van der Waals surface area (Å²) in [5.41, 5.74) is 1.13. The van der Waals surface area contributed by atoms with Crippen molar-refractivity contribution in [3.63, 3.8) is 0 Å². The van der Waals surface area contributed by atoms with E-state index in [0.717, 1.165) is 12.1 Å². The lowest BCUT2D eigenvalue weighted by atomic mass is 10.1. The first-order chi connectivity index (χ1) is 12.2. The number of pyridine rings is 1. The maximum absolute atomic E-state index is 13.3. The Bertz CT molecular complexity index is 987. The van der Waals surface area contributed by atoms with Gasteiger partial charge in [-0.3, -0.25) is 9.78 Å². The van der Waals surface area contributed by atoms with E-state index in [1.165, 1.54) is 30.3 Å². The second-order valence-electron chi connectivity index (χ2n) is 5.49. The number of halogens is 4. The van der Waals surface area contributed by atoms with Crippen LogP contribution in [0.5, 0.6) is 5.75 Å². The fourth-order valence-corrected chi connectivity index (χ4v) is 2.44. The Balaban J connectivity index is 1.86. The lowest BCUT2D eigenvalue weighted by Gasteiger charge is -2.12. The zero-order chi connectivity index (χ0) is 18.9. The summed E-state index contributed by atoms with van der Waals surface area (Å²) in [4.78, 5) is 16.6. The summed E-state index contributed by atoms with van der Waals surface area (Å²) in [7, 11) is 0. The maximum Gasteiger partial charge on any atom is 0.573 e. The van der Waals surface area contributed by atoms with Crippen LogP contribution < -0.4 is 10.1 Å². The van der Waals surface area contributed by atoms with Gasteiger partial charge in [-0.1, -0.05) is 6.07 Å². The minimum absolute atomic E-state index is 0.135. The van der Waals surface area contributed by atoms with Crippen LogP contribution >= 0.6 is 0 Å². The number of nitrogens with one attached hydrogen (secondary N) is 1. The predicted molar refractivity (Wildman–Crippen MR) is 87.5 cm³/mol. The van der Waals surface area contributed by atoms with Crippen molar-refractivity contribution in [3.05, 3.63) is 65.6 Å². The van der Waals surface area contributed by atoms with Gasteiger partial charge in [0, 0.05) is 23.2 Å². The van der Waals surface area contributed by atoms with Gasteiger partial charge in [0.2, 0.25) is 0 Å². The minimum atomic E-state index is -4.82. The van der Waals surface area contributed by atoms with Crippen molar-refractivity contribution >= 4 is 22.5 Å². The molecule has 0 aliphatic carbocycles. The number of aryl methyl sites for hydroxylation is 1. The van der Waals surface area contributed by atoms with Crippen molar-refractivity contribution in [3.8, 4) is 5.75 Å². The van der Waals surface area contributed by atoms with Gasteiger partial charge in [0.05, 0.1) is 16.8 Å². The molecule has 0 aliphatic rings. The molecule has 2 aromatic carbocycles. The molecule has 0 bridgehead atoms. The third-order valence-electron chi connectivity index (χ3n) is 3.54. The van der Waals surface area contributed by atoms with E-state index in [1.54, 1.807) is 13.0 Å². The van der Waals surface area contributed by atoms with Gasteiger partial charge in [-0.2, -0.15) is 0 Å². The fourth-order valence-electron chi connectivity index (χ4n) is 2.44. The zero-order valence-corrected chi connectivity index (χ0v) is 13.4. The van der Waals surface area contributed by atoms with Crippen molar-refractivity contribution in [1.29, 1.82) is 0 Å². The van der Waals surface area contributed by atoms with Gasteiger partial charge in [-0.15, -0.1) is 13.2 Å². The van der Waals surface area contributed by atoms with E-state index >= 15 is 0 Å². The van der Waals surface area contributed by atoms with Gasteiger partial charge in [0.15, 0.2) is 0 Å². The van der Waals surface area contributed by atoms with Crippen molar-refractivity contribution in [2.75, 3.05) is 5.32 Å². The van der Waals surface area contributed by atoms with Crippen LogP contribution in [0.2, 0.25) is 0 Å². The first-order valence-corrected chi connectivity index (χ1v) is 7.45. The largest absolute Gasteiger partial charge is 0.573 e. The molecule has 1 heterocycles. The second-order valence-corrected chi connectivity index (χ2v) is 5.49. The van der Waals surface area contributed by atoms with Crippen LogP contribution in [-0.2, 0) is 0 Å². The quantitative estimate of drug-likeness (QED) is 0.677. The number of aromatic nitrogens is 1. The summed E-state index contributed by atoms with van der Waals surface area (Å²) in [6, 6.07) is 10.5. The van der Waals surface area contributed by atoms with Gasteiger partial charge in [0.1, 0.15) is 11.6 Å². The summed E-state index contributed by atoms with van der Waals surface area (Å²) in [5.74, 6) is -1.44. The molecule has 3 rings (SSSR count). The number of hydrogen-bond donors (Lipinski definition) is 1. The van der Waals surface area contributed by atoms with Crippen LogP contribution in [0.15, 0.2) is 48.5 Å². The van der Waals surface area contributed by atoms with E-state index in [9.17, 15) is 22.4 Å². The third-order valence-corrected chi connectivity index (χ3v) is 3.54. The van der Waals surface area contributed by atoms with Crippen molar-refractivity contribution < 1.29 is 27.1 Å². The molecule has 1 N–H and O–H groups in total. The standard InChI is InChI=1S/C18H12F4N2O2/c1-10-15(7-11-5-6-12(19)8-16(11)23-10)17(25)24-13-3-2-4-14(9-13)26-18(20,21)22/h2-9H,1H3,(H,24,25). The molecule has 0 radical (unpaired) electrons. The third kappa shape index (κ3) is 4.08. The first kappa shape index (κ1) is 17.7. The van der Waals surface area contributed by atoms with Crippen LogP contribution in [0.4, 0.5) is 23.2 Å². The summed E-state index contributed by atoms with van der Waals surface area (Å²) in [6.07, 6.45) is -4.82. The molecule has 0 fully saturated rings. The van der Waals surface area contributed by atoms with Gasteiger partial charge in [0.25, 0.3) is 5.91 Å². The fraction of sp³-hybridized carbons (Fsp3) is 0.111. The highest BCUT2D eigenvalue weighted by Gasteiger charge is 2.31. The molecule has 1 aromatic heterocycles. The molecule has 8 heteroatoms. The van der Waals surface area contributed by atoms with Crippen molar-refractivity contribution in [1.82, 2.24) is 4.98 Å². The molecule has 134 valence electrons. The normalized spacial score (nSPS) is 11.4. The Morgan fingerprint density at radius 2 is 1.88 bits per heavy atom. The number of ether oxygens (including phenoxy) is 1. The Kier molecular flexibility index (Phi) is 4.50. The molecule has 0 saturated heterocycles.